The highest BCUT2D eigenvalue weighted by molar-refractivity contribution is 7.99. The molecular weight excluding hydrogens is 389 g/mol. The quantitative estimate of drug-likeness (QED) is 0.328. The number of unbranched alkanes of at least 4 members (excludes halogenated alkanes) is 1. The van der Waals surface area contributed by atoms with Crippen LogP contribution in [0.25, 0.3) is 0 Å². The average molecular weight is 408 g/mol. The van der Waals surface area contributed by atoms with E-state index in [4.69, 9.17) is 16.7 Å². The van der Waals surface area contributed by atoms with Gasteiger partial charge in [0, 0.05) is 18.4 Å². The first-order valence-corrected chi connectivity index (χ1v) is 10.3. The van der Waals surface area contributed by atoms with Gasteiger partial charge in [0.2, 0.25) is 11.2 Å². The number of aliphatic hydroxyl groups is 1. The van der Waals surface area contributed by atoms with Crippen molar-refractivity contribution in [1.29, 1.82) is 0 Å². The summed E-state index contributed by atoms with van der Waals surface area (Å²) in [5, 5.41) is 9.79. The second-order valence-electron chi connectivity index (χ2n) is 6.88. The first-order valence-electron chi connectivity index (χ1n) is 8.92. The SMILES string of the molecule is O=C1N(Cc2cnc(Cl)nc2SCCCCO)c2cc(F)ccc2C12CC2. The van der Waals surface area contributed by atoms with E-state index in [1.165, 1.54) is 23.9 Å². The van der Waals surface area contributed by atoms with Crippen LogP contribution in [0.3, 0.4) is 0 Å². The van der Waals surface area contributed by atoms with Crippen molar-refractivity contribution in [2.45, 2.75) is 42.7 Å². The molecule has 5 nitrogen and oxygen atoms in total. The topological polar surface area (TPSA) is 66.3 Å². The van der Waals surface area contributed by atoms with Gasteiger partial charge in [0.25, 0.3) is 0 Å². The smallest absolute Gasteiger partial charge is 0.238 e. The van der Waals surface area contributed by atoms with Gasteiger partial charge in [-0.25, -0.2) is 14.4 Å². The first kappa shape index (κ1) is 18.7. The number of halogens is 2. The van der Waals surface area contributed by atoms with Crippen LogP contribution in [0.4, 0.5) is 10.1 Å². The highest BCUT2D eigenvalue weighted by atomic mass is 35.5. The van der Waals surface area contributed by atoms with Crippen molar-refractivity contribution in [2.24, 2.45) is 0 Å². The van der Waals surface area contributed by atoms with Crippen LogP contribution < -0.4 is 4.90 Å². The number of hydrogen-bond acceptors (Lipinski definition) is 5. The van der Waals surface area contributed by atoms with Gasteiger partial charge in [0.1, 0.15) is 10.8 Å². The van der Waals surface area contributed by atoms with Gasteiger partial charge < -0.3 is 10.0 Å². The number of benzene rings is 1. The molecule has 2 aromatic rings. The molecule has 1 aromatic carbocycles. The third-order valence-electron chi connectivity index (χ3n) is 5.09. The molecule has 1 saturated carbocycles. The maximum atomic E-state index is 13.8. The zero-order chi connectivity index (χ0) is 19.0. The monoisotopic (exact) mass is 407 g/mol. The van der Waals surface area contributed by atoms with E-state index in [0.717, 1.165) is 47.6 Å². The summed E-state index contributed by atoms with van der Waals surface area (Å²) in [6.45, 7) is 0.446. The Balaban J connectivity index is 1.61. The van der Waals surface area contributed by atoms with Gasteiger partial charge in [-0.2, -0.15) is 0 Å². The third kappa shape index (κ3) is 3.44. The van der Waals surface area contributed by atoms with Crippen LogP contribution in [0.1, 0.15) is 36.8 Å². The minimum absolute atomic E-state index is 0.0225. The summed E-state index contributed by atoms with van der Waals surface area (Å²) in [6.07, 6.45) is 4.82. The number of hydrogen-bond donors (Lipinski definition) is 1. The fourth-order valence-corrected chi connectivity index (χ4v) is 4.72. The Morgan fingerprint density at radius 3 is 2.89 bits per heavy atom. The standard InChI is InChI=1S/C19H19ClFN3O2S/c20-18-22-10-12(16(23-18)27-8-2-1-7-25)11-24-15-9-13(21)3-4-14(15)19(5-6-19)17(24)26/h3-4,9-10,25H,1-2,5-8,11H2. The van der Waals surface area contributed by atoms with Gasteiger partial charge in [-0.3, -0.25) is 4.79 Å². The van der Waals surface area contributed by atoms with E-state index in [1.54, 1.807) is 17.2 Å². The first-order chi connectivity index (χ1) is 13.0. The number of aromatic nitrogens is 2. The summed E-state index contributed by atoms with van der Waals surface area (Å²) in [6, 6.07) is 4.59. The molecule has 1 N–H and O–H groups in total. The fraction of sp³-hybridized carbons (Fsp3) is 0.421. The summed E-state index contributed by atoms with van der Waals surface area (Å²) in [5.74, 6) is 0.453. The molecule has 142 valence electrons. The van der Waals surface area contributed by atoms with Crippen LogP contribution in [0, 0.1) is 5.82 Å². The molecule has 4 rings (SSSR count). The Labute approximate surface area is 166 Å². The lowest BCUT2D eigenvalue weighted by Crippen LogP contribution is -2.31. The minimum Gasteiger partial charge on any atom is -0.396 e. The Hall–Kier alpha value is -1.70. The Morgan fingerprint density at radius 2 is 2.15 bits per heavy atom. The van der Waals surface area contributed by atoms with Crippen molar-refractivity contribution in [1.82, 2.24) is 9.97 Å². The molecule has 2 heterocycles. The second kappa shape index (κ2) is 7.37. The third-order valence-corrected chi connectivity index (χ3v) is 6.39. The van der Waals surface area contributed by atoms with Crippen LogP contribution >= 0.6 is 23.4 Å². The zero-order valence-corrected chi connectivity index (χ0v) is 16.2. The summed E-state index contributed by atoms with van der Waals surface area (Å²) in [7, 11) is 0. The largest absolute Gasteiger partial charge is 0.396 e. The predicted octanol–water partition coefficient (Wildman–Crippen LogP) is 3.71. The lowest BCUT2D eigenvalue weighted by atomic mass is 9.98. The Bertz CT molecular complexity index is 891. The number of thioether (sulfide) groups is 1. The highest BCUT2D eigenvalue weighted by Crippen LogP contribution is 2.57. The lowest BCUT2D eigenvalue weighted by molar-refractivity contribution is -0.120. The summed E-state index contributed by atoms with van der Waals surface area (Å²) in [4.78, 5) is 23.1. The molecule has 0 bridgehead atoms. The van der Waals surface area contributed by atoms with Crippen molar-refractivity contribution in [3.8, 4) is 0 Å². The number of anilines is 1. The van der Waals surface area contributed by atoms with Crippen LogP contribution in [0.2, 0.25) is 5.28 Å². The van der Waals surface area contributed by atoms with Crippen molar-refractivity contribution in [2.75, 3.05) is 17.3 Å². The molecule has 2 aliphatic rings. The van der Waals surface area contributed by atoms with Crippen LogP contribution in [-0.2, 0) is 16.8 Å². The molecule has 0 saturated heterocycles. The molecule has 0 radical (unpaired) electrons. The fourth-order valence-electron chi connectivity index (χ4n) is 3.54. The molecular formula is C19H19ClFN3O2S. The van der Waals surface area contributed by atoms with Crippen molar-refractivity contribution >= 4 is 35.0 Å². The van der Waals surface area contributed by atoms with Crippen LogP contribution in [0.15, 0.2) is 29.4 Å². The van der Waals surface area contributed by atoms with Crippen molar-refractivity contribution < 1.29 is 14.3 Å². The number of fused-ring (bicyclic) bond motifs is 2. The maximum Gasteiger partial charge on any atom is 0.238 e. The zero-order valence-electron chi connectivity index (χ0n) is 14.6. The average Bonchev–Trinajstić information content (AvgIpc) is 3.42. The van der Waals surface area contributed by atoms with Gasteiger partial charge in [0.15, 0.2) is 0 Å². The van der Waals surface area contributed by atoms with E-state index >= 15 is 0 Å². The molecule has 1 aromatic heterocycles. The van der Waals surface area contributed by atoms with Gasteiger partial charge in [0.05, 0.1) is 17.6 Å². The molecule has 1 fully saturated rings. The van der Waals surface area contributed by atoms with Crippen LogP contribution in [-0.4, -0.2) is 33.3 Å². The normalized spacial score (nSPS) is 16.9. The summed E-state index contributed by atoms with van der Waals surface area (Å²) in [5.41, 5.74) is 1.88. The number of carbonyl (C=O) groups excluding carboxylic acids is 1. The van der Waals surface area contributed by atoms with E-state index in [0.29, 0.717) is 5.69 Å². The number of nitrogens with zero attached hydrogens (tertiary/aromatic N) is 3. The Morgan fingerprint density at radius 1 is 1.33 bits per heavy atom. The molecule has 27 heavy (non-hydrogen) atoms. The van der Waals surface area contributed by atoms with Gasteiger partial charge in [-0.05, 0) is 60.7 Å². The van der Waals surface area contributed by atoms with Gasteiger partial charge in [-0.1, -0.05) is 6.07 Å². The number of carbonyl (C=O) groups is 1. The summed E-state index contributed by atoms with van der Waals surface area (Å²) < 4.78 is 13.8. The van der Waals surface area contributed by atoms with Gasteiger partial charge in [-0.15, -0.1) is 11.8 Å². The van der Waals surface area contributed by atoms with Crippen molar-refractivity contribution in [3.05, 3.63) is 46.6 Å². The van der Waals surface area contributed by atoms with E-state index in [1.807, 2.05) is 0 Å². The number of aliphatic hydroxyl groups excluding tert-OH is 1. The van der Waals surface area contributed by atoms with E-state index < -0.39 is 5.41 Å². The molecule has 1 aliphatic carbocycles. The van der Waals surface area contributed by atoms with E-state index in [2.05, 4.69) is 9.97 Å². The molecule has 8 heteroatoms. The maximum absolute atomic E-state index is 13.8. The molecule has 1 spiro atoms. The minimum atomic E-state index is -0.468. The molecule has 1 amide bonds. The lowest BCUT2D eigenvalue weighted by Gasteiger charge is -2.19. The number of amides is 1. The molecule has 0 atom stereocenters. The number of rotatable bonds is 7. The van der Waals surface area contributed by atoms with Crippen molar-refractivity contribution in [3.63, 3.8) is 0 Å². The second-order valence-corrected chi connectivity index (χ2v) is 8.31. The van der Waals surface area contributed by atoms with E-state index in [9.17, 15) is 9.18 Å². The van der Waals surface area contributed by atoms with Crippen LogP contribution in [0.5, 0.6) is 0 Å². The van der Waals surface area contributed by atoms with Gasteiger partial charge >= 0.3 is 0 Å². The molecule has 1 aliphatic heterocycles. The van der Waals surface area contributed by atoms with E-state index in [-0.39, 0.29) is 30.2 Å². The highest BCUT2D eigenvalue weighted by Gasteiger charge is 2.59. The molecule has 0 unspecified atom stereocenters. The predicted molar refractivity (Wildman–Crippen MR) is 103 cm³/mol. The summed E-state index contributed by atoms with van der Waals surface area (Å²) >= 11 is 7.48. The Kier molecular flexibility index (Phi) is 5.09.